The maximum absolute atomic E-state index is 12.8. The highest BCUT2D eigenvalue weighted by Gasteiger charge is 2.23. The van der Waals surface area contributed by atoms with Crippen LogP contribution < -0.4 is 9.80 Å². The van der Waals surface area contributed by atoms with Crippen LogP contribution in [-0.4, -0.2) is 49.0 Å². The molecule has 0 spiro atoms. The van der Waals surface area contributed by atoms with Crippen LogP contribution in [0.1, 0.15) is 10.5 Å². The van der Waals surface area contributed by atoms with Crippen molar-refractivity contribution in [3.05, 3.63) is 84.7 Å². The van der Waals surface area contributed by atoms with Crippen LogP contribution in [0, 0.1) is 0 Å². The Bertz CT molecular complexity index is 904. The number of carbonyl (C=O) groups is 1. The molecule has 1 aromatic heterocycles. The minimum Gasteiger partial charge on any atom is -0.368 e. The monoisotopic (exact) mass is 372 g/mol. The minimum absolute atomic E-state index is 0.00151. The van der Waals surface area contributed by atoms with E-state index in [4.69, 9.17) is 0 Å². The Labute approximate surface area is 165 Å². The first-order valence-corrected chi connectivity index (χ1v) is 9.56. The predicted octanol–water partition coefficient (Wildman–Crippen LogP) is 3.81. The summed E-state index contributed by atoms with van der Waals surface area (Å²) in [6.45, 7) is 3.09. The molecule has 5 nitrogen and oxygen atoms in total. The molecule has 0 unspecified atom stereocenters. The second-order valence-electron chi connectivity index (χ2n) is 6.91. The van der Waals surface area contributed by atoms with Gasteiger partial charge in [-0.2, -0.15) is 0 Å². The van der Waals surface area contributed by atoms with E-state index in [0.717, 1.165) is 24.5 Å². The van der Waals surface area contributed by atoms with Crippen molar-refractivity contribution in [2.24, 2.45) is 0 Å². The van der Waals surface area contributed by atoms with Crippen molar-refractivity contribution >= 4 is 23.0 Å². The van der Waals surface area contributed by atoms with Crippen LogP contribution in [0.2, 0.25) is 0 Å². The van der Waals surface area contributed by atoms with E-state index < -0.39 is 0 Å². The van der Waals surface area contributed by atoms with E-state index in [0.29, 0.717) is 18.8 Å². The van der Waals surface area contributed by atoms with Gasteiger partial charge in [-0.1, -0.05) is 36.4 Å². The predicted molar refractivity (Wildman–Crippen MR) is 113 cm³/mol. The molecule has 1 aliphatic heterocycles. The number of amides is 1. The lowest BCUT2D eigenvalue weighted by atomic mass is 10.2. The fourth-order valence-corrected chi connectivity index (χ4v) is 3.48. The van der Waals surface area contributed by atoms with Crippen LogP contribution in [-0.2, 0) is 0 Å². The zero-order valence-electron chi connectivity index (χ0n) is 16.0. The third kappa shape index (κ3) is 3.83. The number of anilines is 3. The molecular formula is C23H24N4O. The van der Waals surface area contributed by atoms with Crippen molar-refractivity contribution in [1.29, 1.82) is 0 Å². The van der Waals surface area contributed by atoms with E-state index in [1.165, 1.54) is 5.69 Å². The number of hydrogen-bond acceptors (Lipinski definition) is 4. The molecule has 3 aromatic rings. The number of piperazine rings is 1. The average molecular weight is 372 g/mol. The van der Waals surface area contributed by atoms with Crippen LogP contribution in [0.5, 0.6) is 0 Å². The van der Waals surface area contributed by atoms with E-state index >= 15 is 0 Å². The molecule has 4 rings (SSSR count). The molecular weight excluding hydrogens is 348 g/mol. The SMILES string of the molecule is CN(c1ccccc1)c1ccc(C(=O)N2CCN(c3ccccc3)CC2)nc1. The van der Waals surface area contributed by atoms with E-state index in [2.05, 4.69) is 26.9 Å². The maximum Gasteiger partial charge on any atom is 0.272 e. The van der Waals surface area contributed by atoms with Gasteiger partial charge in [-0.15, -0.1) is 0 Å². The molecule has 0 aliphatic carbocycles. The number of nitrogens with zero attached hydrogens (tertiary/aromatic N) is 4. The Morgan fingerprint density at radius 3 is 2.07 bits per heavy atom. The Morgan fingerprint density at radius 1 is 0.821 bits per heavy atom. The summed E-state index contributed by atoms with van der Waals surface area (Å²) in [4.78, 5) is 23.5. The molecule has 0 saturated carbocycles. The van der Waals surface area contributed by atoms with Crippen molar-refractivity contribution in [3.63, 3.8) is 0 Å². The van der Waals surface area contributed by atoms with E-state index in [9.17, 15) is 4.79 Å². The van der Waals surface area contributed by atoms with Gasteiger partial charge in [0.1, 0.15) is 5.69 Å². The summed E-state index contributed by atoms with van der Waals surface area (Å²) in [5, 5.41) is 0. The van der Waals surface area contributed by atoms with Crippen LogP contribution in [0.15, 0.2) is 79.0 Å². The highest BCUT2D eigenvalue weighted by molar-refractivity contribution is 5.92. The molecule has 1 saturated heterocycles. The molecule has 1 aliphatic rings. The number of hydrogen-bond donors (Lipinski definition) is 0. The van der Waals surface area contributed by atoms with Crippen LogP contribution >= 0.6 is 0 Å². The van der Waals surface area contributed by atoms with Crippen LogP contribution in [0.4, 0.5) is 17.1 Å². The van der Waals surface area contributed by atoms with Gasteiger partial charge < -0.3 is 14.7 Å². The number of aromatic nitrogens is 1. The lowest BCUT2D eigenvalue weighted by molar-refractivity contribution is 0.0741. The summed E-state index contributed by atoms with van der Waals surface area (Å²) < 4.78 is 0. The smallest absolute Gasteiger partial charge is 0.272 e. The van der Waals surface area contributed by atoms with Gasteiger partial charge in [0.2, 0.25) is 0 Å². The minimum atomic E-state index is 0.00151. The molecule has 2 aromatic carbocycles. The first kappa shape index (κ1) is 18.0. The second kappa shape index (κ2) is 8.13. The number of rotatable bonds is 4. The third-order valence-electron chi connectivity index (χ3n) is 5.19. The Kier molecular flexibility index (Phi) is 5.24. The lowest BCUT2D eigenvalue weighted by Gasteiger charge is -2.36. The normalized spacial score (nSPS) is 14.0. The number of carbonyl (C=O) groups excluding carboxylic acids is 1. The van der Waals surface area contributed by atoms with Crippen molar-refractivity contribution in [1.82, 2.24) is 9.88 Å². The number of benzene rings is 2. The molecule has 5 heteroatoms. The summed E-state index contributed by atoms with van der Waals surface area (Å²) in [7, 11) is 2.00. The highest BCUT2D eigenvalue weighted by atomic mass is 16.2. The Morgan fingerprint density at radius 2 is 1.46 bits per heavy atom. The maximum atomic E-state index is 12.8. The zero-order chi connectivity index (χ0) is 19.3. The number of para-hydroxylation sites is 2. The lowest BCUT2D eigenvalue weighted by Crippen LogP contribution is -2.49. The van der Waals surface area contributed by atoms with Crippen molar-refractivity contribution < 1.29 is 4.79 Å². The topological polar surface area (TPSA) is 39.7 Å². The molecule has 142 valence electrons. The van der Waals surface area contributed by atoms with Gasteiger partial charge in [-0.05, 0) is 36.4 Å². The van der Waals surface area contributed by atoms with Crippen LogP contribution in [0.3, 0.4) is 0 Å². The van der Waals surface area contributed by atoms with Gasteiger partial charge in [0.15, 0.2) is 0 Å². The van der Waals surface area contributed by atoms with Crippen LogP contribution in [0.25, 0.3) is 0 Å². The molecule has 0 atom stereocenters. The summed E-state index contributed by atoms with van der Waals surface area (Å²) in [5.74, 6) is 0.00151. The van der Waals surface area contributed by atoms with Gasteiger partial charge in [0, 0.05) is 44.6 Å². The molecule has 0 bridgehead atoms. The first-order chi connectivity index (χ1) is 13.7. The van der Waals surface area contributed by atoms with Gasteiger partial charge in [0.05, 0.1) is 11.9 Å². The third-order valence-corrected chi connectivity index (χ3v) is 5.19. The van der Waals surface area contributed by atoms with Gasteiger partial charge in [0.25, 0.3) is 5.91 Å². The highest BCUT2D eigenvalue weighted by Crippen LogP contribution is 2.23. The van der Waals surface area contributed by atoms with Gasteiger partial charge >= 0.3 is 0 Å². The summed E-state index contributed by atoms with van der Waals surface area (Å²) in [5.41, 5.74) is 3.75. The fourth-order valence-electron chi connectivity index (χ4n) is 3.48. The Hall–Kier alpha value is -3.34. The van der Waals surface area contributed by atoms with Gasteiger partial charge in [-0.25, -0.2) is 4.98 Å². The van der Waals surface area contributed by atoms with E-state index in [1.807, 2.05) is 72.6 Å². The van der Waals surface area contributed by atoms with E-state index in [-0.39, 0.29) is 5.91 Å². The molecule has 1 fully saturated rings. The Balaban J connectivity index is 1.39. The molecule has 0 N–H and O–H groups in total. The summed E-state index contributed by atoms with van der Waals surface area (Å²) >= 11 is 0. The quantitative estimate of drug-likeness (QED) is 0.698. The summed E-state index contributed by atoms with van der Waals surface area (Å²) in [6.07, 6.45) is 1.76. The zero-order valence-corrected chi connectivity index (χ0v) is 16.0. The molecule has 1 amide bonds. The molecule has 28 heavy (non-hydrogen) atoms. The first-order valence-electron chi connectivity index (χ1n) is 9.56. The largest absolute Gasteiger partial charge is 0.368 e. The van der Waals surface area contributed by atoms with Gasteiger partial charge in [-0.3, -0.25) is 4.79 Å². The molecule has 2 heterocycles. The second-order valence-corrected chi connectivity index (χ2v) is 6.91. The van der Waals surface area contributed by atoms with Crippen molar-refractivity contribution in [2.75, 3.05) is 43.0 Å². The van der Waals surface area contributed by atoms with E-state index in [1.54, 1.807) is 6.20 Å². The van der Waals surface area contributed by atoms with Crippen molar-refractivity contribution in [3.8, 4) is 0 Å². The fraction of sp³-hybridized carbons (Fsp3) is 0.217. The number of pyridine rings is 1. The summed E-state index contributed by atoms with van der Waals surface area (Å²) in [6, 6.07) is 24.2. The van der Waals surface area contributed by atoms with Crippen molar-refractivity contribution in [2.45, 2.75) is 0 Å². The molecule has 0 radical (unpaired) electrons. The average Bonchev–Trinajstić information content (AvgIpc) is 2.79. The standard InChI is InChI=1S/C23H24N4O/c1-25(19-8-4-2-5-9-19)21-12-13-22(24-18-21)23(28)27-16-14-26(15-17-27)20-10-6-3-7-11-20/h2-13,18H,14-17H2,1H3.